The molecule has 3 nitrogen and oxygen atoms in total. The van der Waals surface area contributed by atoms with Gasteiger partial charge in [0.1, 0.15) is 5.82 Å². The SMILES string of the molecule is Cc1cccc(C)c1-c1ccc2c(N)nc3ccccc3c2n1. The third-order valence-electron chi connectivity index (χ3n) is 4.31. The van der Waals surface area contributed by atoms with Gasteiger partial charge in [-0.3, -0.25) is 0 Å². The standard InChI is InChI=1S/C20H17N3/c1-12-6-5-7-13(2)18(12)17-11-10-15-19(22-17)14-8-3-4-9-16(14)23-20(15)21/h3-11H,1-2H3,(H2,21,23). The van der Waals surface area contributed by atoms with Crippen molar-refractivity contribution in [3.63, 3.8) is 0 Å². The van der Waals surface area contributed by atoms with E-state index in [9.17, 15) is 0 Å². The summed E-state index contributed by atoms with van der Waals surface area (Å²) in [5.41, 5.74) is 12.5. The van der Waals surface area contributed by atoms with Crippen LogP contribution in [0.25, 0.3) is 33.1 Å². The molecule has 0 unspecified atom stereocenters. The summed E-state index contributed by atoms with van der Waals surface area (Å²) >= 11 is 0. The van der Waals surface area contributed by atoms with E-state index in [-0.39, 0.29) is 0 Å². The van der Waals surface area contributed by atoms with E-state index in [4.69, 9.17) is 10.7 Å². The molecule has 0 spiro atoms. The molecule has 112 valence electrons. The van der Waals surface area contributed by atoms with Gasteiger partial charge in [-0.2, -0.15) is 0 Å². The van der Waals surface area contributed by atoms with Gasteiger partial charge in [0.25, 0.3) is 0 Å². The van der Waals surface area contributed by atoms with Crippen LogP contribution in [0.2, 0.25) is 0 Å². The average Bonchev–Trinajstić information content (AvgIpc) is 2.55. The Morgan fingerprint density at radius 1 is 0.739 bits per heavy atom. The molecule has 2 heterocycles. The van der Waals surface area contributed by atoms with Crippen molar-refractivity contribution in [3.8, 4) is 11.3 Å². The summed E-state index contributed by atoms with van der Waals surface area (Å²) in [5.74, 6) is 0.527. The van der Waals surface area contributed by atoms with E-state index >= 15 is 0 Å². The highest BCUT2D eigenvalue weighted by atomic mass is 14.9. The Bertz CT molecular complexity index is 1030. The van der Waals surface area contributed by atoms with Crippen LogP contribution in [-0.4, -0.2) is 9.97 Å². The fourth-order valence-electron chi connectivity index (χ4n) is 3.19. The van der Waals surface area contributed by atoms with Crippen molar-refractivity contribution in [1.29, 1.82) is 0 Å². The fourth-order valence-corrected chi connectivity index (χ4v) is 3.19. The van der Waals surface area contributed by atoms with Crippen LogP contribution in [0, 0.1) is 13.8 Å². The number of pyridine rings is 2. The lowest BCUT2D eigenvalue weighted by Crippen LogP contribution is -1.97. The van der Waals surface area contributed by atoms with E-state index < -0.39 is 0 Å². The summed E-state index contributed by atoms with van der Waals surface area (Å²) < 4.78 is 0. The van der Waals surface area contributed by atoms with Crippen LogP contribution in [0.4, 0.5) is 5.82 Å². The molecular formula is C20H17N3. The summed E-state index contributed by atoms with van der Waals surface area (Å²) in [6.45, 7) is 4.24. The zero-order valence-corrected chi connectivity index (χ0v) is 13.2. The second kappa shape index (κ2) is 5.06. The lowest BCUT2D eigenvalue weighted by Gasteiger charge is -2.11. The predicted octanol–water partition coefficient (Wildman–Crippen LogP) is 4.65. The average molecular weight is 299 g/mol. The second-order valence-electron chi connectivity index (χ2n) is 5.87. The smallest absolute Gasteiger partial charge is 0.133 e. The Hall–Kier alpha value is -2.94. The monoisotopic (exact) mass is 299 g/mol. The van der Waals surface area contributed by atoms with Crippen LogP contribution >= 0.6 is 0 Å². The van der Waals surface area contributed by atoms with Crippen LogP contribution < -0.4 is 5.73 Å². The molecule has 2 N–H and O–H groups in total. The van der Waals surface area contributed by atoms with Gasteiger partial charge in [0.05, 0.1) is 16.7 Å². The summed E-state index contributed by atoms with van der Waals surface area (Å²) in [4.78, 5) is 9.42. The fraction of sp³-hybridized carbons (Fsp3) is 0.100. The Morgan fingerprint density at radius 2 is 1.48 bits per heavy atom. The molecule has 23 heavy (non-hydrogen) atoms. The molecule has 0 radical (unpaired) electrons. The van der Waals surface area contributed by atoms with Crippen LogP contribution in [0.1, 0.15) is 11.1 Å². The first-order chi connectivity index (χ1) is 11.1. The van der Waals surface area contributed by atoms with Crippen molar-refractivity contribution in [3.05, 3.63) is 65.7 Å². The van der Waals surface area contributed by atoms with E-state index in [1.807, 2.05) is 36.4 Å². The van der Waals surface area contributed by atoms with E-state index in [0.29, 0.717) is 5.82 Å². The Morgan fingerprint density at radius 3 is 2.26 bits per heavy atom. The Kier molecular flexibility index (Phi) is 3.01. The molecule has 2 aromatic heterocycles. The number of para-hydroxylation sites is 1. The van der Waals surface area contributed by atoms with Gasteiger partial charge in [0.2, 0.25) is 0 Å². The van der Waals surface area contributed by atoms with Gasteiger partial charge in [-0.25, -0.2) is 9.97 Å². The minimum atomic E-state index is 0.527. The van der Waals surface area contributed by atoms with Gasteiger partial charge in [0, 0.05) is 16.3 Å². The van der Waals surface area contributed by atoms with Crippen LogP contribution in [0.15, 0.2) is 54.6 Å². The number of rotatable bonds is 1. The lowest BCUT2D eigenvalue weighted by atomic mass is 9.99. The number of fused-ring (bicyclic) bond motifs is 3. The number of nitrogens with two attached hydrogens (primary N) is 1. The van der Waals surface area contributed by atoms with Crippen molar-refractivity contribution in [2.75, 3.05) is 5.73 Å². The molecular weight excluding hydrogens is 282 g/mol. The molecule has 2 aromatic carbocycles. The van der Waals surface area contributed by atoms with Gasteiger partial charge >= 0.3 is 0 Å². The highest BCUT2D eigenvalue weighted by Gasteiger charge is 2.11. The first-order valence-corrected chi connectivity index (χ1v) is 7.67. The summed E-state index contributed by atoms with van der Waals surface area (Å²) in [7, 11) is 0. The molecule has 0 aliphatic rings. The first-order valence-electron chi connectivity index (χ1n) is 7.67. The maximum atomic E-state index is 6.12. The van der Waals surface area contributed by atoms with Crippen LogP contribution in [-0.2, 0) is 0 Å². The van der Waals surface area contributed by atoms with Crippen molar-refractivity contribution in [1.82, 2.24) is 9.97 Å². The van der Waals surface area contributed by atoms with E-state index in [1.54, 1.807) is 0 Å². The number of nitrogen functional groups attached to an aromatic ring is 1. The summed E-state index contributed by atoms with van der Waals surface area (Å²) in [6, 6.07) is 18.4. The van der Waals surface area contributed by atoms with Gasteiger partial charge in [-0.1, -0.05) is 36.4 Å². The van der Waals surface area contributed by atoms with Crippen molar-refractivity contribution >= 4 is 27.6 Å². The molecule has 4 rings (SSSR count). The normalized spacial score (nSPS) is 11.2. The molecule has 0 bridgehead atoms. The van der Waals surface area contributed by atoms with Gasteiger partial charge < -0.3 is 5.73 Å². The van der Waals surface area contributed by atoms with Crippen LogP contribution in [0.3, 0.4) is 0 Å². The van der Waals surface area contributed by atoms with Crippen molar-refractivity contribution in [2.45, 2.75) is 13.8 Å². The van der Waals surface area contributed by atoms with Crippen LogP contribution in [0.5, 0.6) is 0 Å². The highest BCUT2D eigenvalue weighted by Crippen LogP contribution is 2.31. The molecule has 0 aliphatic carbocycles. The quantitative estimate of drug-likeness (QED) is 0.520. The number of nitrogens with zero attached hydrogens (tertiary/aromatic N) is 2. The number of hydrogen-bond acceptors (Lipinski definition) is 3. The number of anilines is 1. The van der Waals surface area contributed by atoms with Gasteiger partial charge in [-0.15, -0.1) is 0 Å². The van der Waals surface area contributed by atoms with Gasteiger partial charge in [-0.05, 0) is 43.2 Å². The minimum absolute atomic E-state index is 0.527. The van der Waals surface area contributed by atoms with Crippen molar-refractivity contribution < 1.29 is 0 Å². The second-order valence-corrected chi connectivity index (χ2v) is 5.87. The molecule has 4 aromatic rings. The largest absolute Gasteiger partial charge is 0.383 e. The minimum Gasteiger partial charge on any atom is -0.383 e. The Balaban J connectivity index is 2.10. The molecule has 0 fully saturated rings. The van der Waals surface area contributed by atoms with Crippen molar-refractivity contribution in [2.24, 2.45) is 0 Å². The number of aryl methyl sites for hydroxylation is 2. The molecule has 3 heteroatoms. The van der Waals surface area contributed by atoms with Gasteiger partial charge in [0.15, 0.2) is 0 Å². The van der Waals surface area contributed by atoms with E-state index in [0.717, 1.165) is 27.5 Å². The summed E-state index contributed by atoms with van der Waals surface area (Å²) in [5, 5.41) is 1.93. The third-order valence-corrected chi connectivity index (χ3v) is 4.31. The molecule has 0 saturated heterocycles. The third kappa shape index (κ3) is 2.13. The summed E-state index contributed by atoms with van der Waals surface area (Å²) in [6.07, 6.45) is 0. The molecule has 0 amide bonds. The molecule has 0 aliphatic heterocycles. The zero-order valence-electron chi connectivity index (χ0n) is 13.2. The maximum absolute atomic E-state index is 6.12. The number of aromatic nitrogens is 2. The zero-order chi connectivity index (χ0) is 16.0. The van der Waals surface area contributed by atoms with E-state index in [1.165, 1.54) is 16.7 Å². The number of hydrogen-bond donors (Lipinski definition) is 1. The first kappa shape index (κ1) is 13.7. The van der Waals surface area contributed by atoms with E-state index in [2.05, 4.69) is 37.0 Å². The predicted molar refractivity (Wildman–Crippen MR) is 96.4 cm³/mol. The maximum Gasteiger partial charge on any atom is 0.133 e. The highest BCUT2D eigenvalue weighted by molar-refractivity contribution is 6.08. The molecule has 0 atom stereocenters. The lowest BCUT2D eigenvalue weighted by molar-refractivity contribution is 1.32. The topological polar surface area (TPSA) is 51.8 Å². The Labute approximate surface area is 134 Å². The molecule has 0 saturated carbocycles. The number of benzene rings is 2.